The van der Waals surface area contributed by atoms with Crippen molar-refractivity contribution in [2.75, 3.05) is 27.2 Å². The molecule has 2 aromatic carbocycles. The summed E-state index contributed by atoms with van der Waals surface area (Å²) in [6, 6.07) is 16.4. The van der Waals surface area contributed by atoms with Crippen molar-refractivity contribution in [1.82, 2.24) is 40.0 Å². The molecule has 4 aliphatic rings. The van der Waals surface area contributed by atoms with E-state index in [0.717, 1.165) is 75.9 Å². The number of nitrogens with one attached hydrogen (secondary N) is 3. The number of aromatic amines is 2. The number of likely N-dealkylation sites (N-methyl/N-ethyl adjacent to an activating group) is 1. The number of methoxy groups -OCH3 is 1. The molecular formula is C36H38N8O6. The number of benzene rings is 2. The molecule has 0 unspecified atom stereocenters. The van der Waals surface area contributed by atoms with E-state index in [9.17, 15) is 24.3 Å². The highest BCUT2D eigenvalue weighted by molar-refractivity contribution is 5.84. The van der Waals surface area contributed by atoms with Gasteiger partial charge in [-0.25, -0.2) is 19.6 Å². The van der Waals surface area contributed by atoms with E-state index in [0.29, 0.717) is 11.8 Å². The van der Waals surface area contributed by atoms with Crippen molar-refractivity contribution in [2.24, 2.45) is 11.8 Å². The SMILES string of the molecule is COC(=O)NCC(=O)N1[C@H](c2ncc(-c3ccc(-c4ccc(-c5cnc([C@@H]6C[C@@H]7C[C@@H]7N6C(=O)CN(C)C(=O)O)[nH]5)cc4)cc3)[nH]2)C[C@@H]2C[C@@H]21. The normalized spacial score (nSPS) is 24.4. The highest BCUT2D eigenvalue weighted by Crippen LogP contribution is 2.54. The average Bonchev–Trinajstić information content (AvgIpc) is 3.71. The molecule has 50 heavy (non-hydrogen) atoms. The van der Waals surface area contributed by atoms with Gasteiger partial charge in [0.05, 0.1) is 43.0 Å². The molecule has 14 nitrogen and oxygen atoms in total. The standard InChI is InChI=1S/C36H38N8O6/c1-42(36(48)49)18-32(46)44-28-12-24(28)14-30(44)34-38-16-26(41-34)22-9-5-20(6-10-22)19-3-7-21(8-4-19)25-15-37-33(40-25)29-13-23-11-27(23)43(29)31(45)17-39-35(47)50-2/h3-10,15-16,23-24,27-30H,11-14,17-18H2,1-2H3,(H,37,40)(H,38,41)(H,39,47)(H,48,49)/t23-,24-,27-,28-,29-,30-/m0/s1. The number of amides is 4. The number of imidazole rings is 2. The van der Waals surface area contributed by atoms with Crippen LogP contribution >= 0.6 is 0 Å². The number of carbonyl (C=O) groups is 4. The molecule has 258 valence electrons. The number of hydrogen-bond donors (Lipinski definition) is 4. The number of rotatable bonds is 9. The van der Waals surface area contributed by atoms with Crippen LogP contribution in [0.4, 0.5) is 9.59 Å². The highest BCUT2D eigenvalue weighted by Gasteiger charge is 2.56. The van der Waals surface area contributed by atoms with Crippen molar-refractivity contribution < 1.29 is 29.0 Å². The van der Waals surface area contributed by atoms with Crippen molar-refractivity contribution in [3.63, 3.8) is 0 Å². The predicted octanol–water partition coefficient (Wildman–Crippen LogP) is 4.42. The highest BCUT2D eigenvalue weighted by atomic mass is 16.5. The number of H-pyrrole nitrogens is 2. The van der Waals surface area contributed by atoms with E-state index in [4.69, 9.17) is 0 Å². The second-order valence-corrected chi connectivity index (χ2v) is 13.7. The van der Waals surface area contributed by atoms with Crippen LogP contribution in [0.15, 0.2) is 60.9 Å². The molecule has 2 aliphatic heterocycles. The van der Waals surface area contributed by atoms with Crippen LogP contribution in [0.1, 0.15) is 49.4 Å². The molecule has 2 aliphatic carbocycles. The van der Waals surface area contributed by atoms with Gasteiger partial charge in [0.25, 0.3) is 0 Å². The zero-order valence-corrected chi connectivity index (χ0v) is 27.7. The molecule has 4 aromatic rings. The van der Waals surface area contributed by atoms with Crippen LogP contribution in [0, 0.1) is 11.8 Å². The van der Waals surface area contributed by atoms with E-state index in [1.54, 1.807) is 12.4 Å². The topological polar surface area (TPSA) is 177 Å². The summed E-state index contributed by atoms with van der Waals surface area (Å²) in [6.07, 6.45) is 5.45. The second-order valence-electron chi connectivity index (χ2n) is 13.7. The van der Waals surface area contributed by atoms with Gasteiger partial charge in [0.15, 0.2) is 0 Å². The van der Waals surface area contributed by atoms with E-state index < -0.39 is 12.2 Å². The maximum Gasteiger partial charge on any atom is 0.407 e. The zero-order valence-electron chi connectivity index (χ0n) is 27.7. The van der Waals surface area contributed by atoms with Gasteiger partial charge in [-0.15, -0.1) is 0 Å². The number of likely N-dealkylation sites (tertiary alicyclic amines) is 2. The first kappa shape index (κ1) is 31.6. The number of ether oxygens (including phenoxy) is 1. The minimum absolute atomic E-state index is 0.108. The number of fused-ring (bicyclic) bond motifs is 2. The fourth-order valence-electron chi connectivity index (χ4n) is 7.77. The molecule has 0 spiro atoms. The Morgan fingerprint density at radius 1 is 0.780 bits per heavy atom. The average molecular weight is 679 g/mol. The van der Waals surface area contributed by atoms with Crippen LogP contribution in [0.2, 0.25) is 0 Å². The van der Waals surface area contributed by atoms with Crippen molar-refractivity contribution in [3.8, 4) is 33.6 Å². The Bertz CT molecular complexity index is 1950. The molecule has 8 rings (SSSR count). The molecule has 2 saturated carbocycles. The first-order valence-electron chi connectivity index (χ1n) is 16.9. The van der Waals surface area contributed by atoms with E-state index in [-0.39, 0.29) is 49.1 Å². The van der Waals surface area contributed by atoms with Crippen LogP contribution in [-0.2, 0) is 14.3 Å². The van der Waals surface area contributed by atoms with Crippen molar-refractivity contribution >= 4 is 24.0 Å². The number of nitrogens with zero attached hydrogens (tertiary/aromatic N) is 5. The quantitative estimate of drug-likeness (QED) is 0.201. The summed E-state index contributed by atoms with van der Waals surface area (Å²) in [7, 11) is 2.68. The molecule has 0 radical (unpaired) electrons. The predicted molar refractivity (Wildman–Crippen MR) is 180 cm³/mol. The van der Waals surface area contributed by atoms with Gasteiger partial charge in [-0.1, -0.05) is 48.5 Å². The summed E-state index contributed by atoms with van der Waals surface area (Å²) >= 11 is 0. The molecule has 4 heterocycles. The van der Waals surface area contributed by atoms with E-state index in [1.165, 1.54) is 14.2 Å². The second kappa shape index (κ2) is 12.3. The summed E-state index contributed by atoms with van der Waals surface area (Å²) in [5.41, 5.74) is 5.79. The van der Waals surface area contributed by atoms with Crippen LogP contribution in [0.5, 0.6) is 0 Å². The number of carbonyl (C=O) groups excluding carboxylic acids is 3. The van der Waals surface area contributed by atoms with Gasteiger partial charge in [0.1, 0.15) is 24.7 Å². The van der Waals surface area contributed by atoms with Gasteiger partial charge in [-0.3, -0.25) is 9.59 Å². The Balaban J connectivity index is 0.918. The Morgan fingerprint density at radius 2 is 1.24 bits per heavy atom. The Hall–Kier alpha value is -5.66. The first-order chi connectivity index (χ1) is 24.2. The first-order valence-corrected chi connectivity index (χ1v) is 16.9. The van der Waals surface area contributed by atoms with Gasteiger partial charge < -0.3 is 39.8 Å². The Labute approximate surface area is 287 Å². The lowest BCUT2D eigenvalue weighted by molar-refractivity contribution is -0.134. The van der Waals surface area contributed by atoms with Crippen LogP contribution in [0.3, 0.4) is 0 Å². The summed E-state index contributed by atoms with van der Waals surface area (Å²) in [5, 5.41) is 11.7. The zero-order chi connectivity index (χ0) is 34.7. The van der Waals surface area contributed by atoms with Crippen LogP contribution < -0.4 is 5.32 Å². The maximum atomic E-state index is 13.0. The lowest BCUT2D eigenvalue weighted by atomic mass is 10.0. The van der Waals surface area contributed by atoms with Crippen molar-refractivity contribution in [2.45, 2.75) is 49.9 Å². The van der Waals surface area contributed by atoms with Crippen LogP contribution in [-0.4, -0.2) is 103 Å². The number of hydrogen-bond acceptors (Lipinski definition) is 7. The monoisotopic (exact) mass is 678 g/mol. The van der Waals surface area contributed by atoms with Gasteiger partial charge in [0, 0.05) is 19.1 Å². The third-order valence-corrected chi connectivity index (χ3v) is 10.6. The number of piperidine rings is 2. The number of aromatic nitrogens is 4. The molecular weight excluding hydrogens is 640 g/mol. The minimum atomic E-state index is -1.13. The minimum Gasteiger partial charge on any atom is -0.465 e. The van der Waals surface area contributed by atoms with Crippen molar-refractivity contribution in [3.05, 3.63) is 72.6 Å². The van der Waals surface area contributed by atoms with E-state index in [2.05, 4.69) is 54.3 Å². The van der Waals surface area contributed by atoms with Gasteiger partial charge in [-0.05, 0) is 59.8 Å². The molecule has 4 fully saturated rings. The number of carboxylic acid groups (broad SMARTS) is 1. The maximum absolute atomic E-state index is 13.0. The third kappa shape index (κ3) is 5.84. The van der Waals surface area contributed by atoms with E-state index >= 15 is 0 Å². The smallest absolute Gasteiger partial charge is 0.407 e. The van der Waals surface area contributed by atoms with Crippen molar-refractivity contribution in [1.29, 1.82) is 0 Å². The summed E-state index contributed by atoms with van der Waals surface area (Å²) in [5.74, 6) is 2.04. The molecule has 6 atom stereocenters. The van der Waals surface area contributed by atoms with Gasteiger partial charge in [0.2, 0.25) is 11.8 Å². The lowest BCUT2D eigenvalue weighted by Gasteiger charge is -2.27. The molecule has 4 N–H and O–H groups in total. The number of alkyl carbamates (subject to hydrolysis) is 1. The summed E-state index contributed by atoms with van der Waals surface area (Å²) in [6.45, 7) is -0.279. The van der Waals surface area contributed by atoms with E-state index in [1.807, 2.05) is 34.1 Å². The third-order valence-electron chi connectivity index (χ3n) is 10.6. The molecule has 0 bridgehead atoms. The van der Waals surface area contributed by atoms with Crippen LogP contribution in [0.25, 0.3) is 33.6 Å². The summed E-state index contributed by atoms with van der Waals surface area (Å²) in [4.78, 5) is 69.6. The lowest BCUT2D eigenvalue weighted by Crippen LogP contribution is -2.42. The molecule has 2 aromatic heterocycles. The van der Waals surface area contributed by atoms with Gasteiger partial charge >= 0.3 is 12.2 Å². The fourth-order valence-corrected chi connectivity index (χ4v) is 7.77. The Kier molecular flexibility index (Phi) is 7.80. The molecule has 14 heteroatoms. The molecule has 2 saturated heterocycles. The Morgan fingerprint density at radius 3 is 1.70 bits per heavy atom. The summed E-state index contributed by atoms with van der Waals surface area (Å²) < 4.78 is 4.60. The fraction of sp³-hybridized carbons (Fsp3) is 0.389. The molecule has 4 amide bonds. The van der Waals surface area contributed by atoms with Gasteiger partial charge in [-0.2, -0.15) is 0 Å². The largest absolute Gasteiger partial charge is 0.465 e.